The Morgan fingerprint density at radius 3 is 2.28 bits per heavy atom. The van der Waals surface area contributed by atoms with Gasteiger partial charge in [-0.2, -0.15) is 0 Å². The Morgan fingerprint density at radius 1 is 1.06 bits per heavy atom. The summed E-state index contributed by atoms with van der Waals surface area (Å²) in [5, 5.41) is 2.79. The number of rotatable bonds is 4. The third-order valence-corrected chi connectivity index (χ3v) is 2.69. The van der Waals surface area contributed by atoms with Crippen molar-refractivity contribution in [3.05, 3.63) is 48.8 Å². The van der Waals surface area contributed by atoms with E-state index in [-0.39, 0.29) is 5.91 Å². The highest BCUT2D eigenvalue weighted by molar-refractivity contribution is 6.19. The second kappa shape index (κ2) is 6.17. The van der Waals surface area contributed by atoms with Gasteiger partial charge in [0.1, 0.15) is 0 Å². The van der Waals surface area contributed by atoms with Gasteiger partial charge in [0.15, 0.2) is 0 Å². The van der Waals surface area contributed by atoms with Crippen LogP contribution in [0.25, 0.3) is 11.1 Å². The lowest BCUT2D eigenvalue weighted by Gasteiger charge is -2.05. The second-order valence-corrected chi connectivity index (χ2v) is 4.18. The summed E-state index contributed by atoms with van der Waals surface area (Å²) in [4.78, 5) is 15.3. The van der Waals surface area contributed by atoms with Crippen molar-refractivity contribution in [2.75, 3.05) is 11.2 Å². The van der Waals surface area contributed by atoms with Gasteiger partial charge >= 0.3 is 0 Å². The Kier molecular flexibility index (Phi) is 4.31. The van der Waals surface area contributed by atoms with Gasteiger partial charge < -0.3 is 5.32 Å². The van der Waals surface area contributed by atoms with Crippen LogP contribution in [0.3, 0.4) is 0 Å². The number of hydrogen-bond donors (Lipinski definition) is 1. The number of pyridine rings is 1. The fourth-order valence-corrected chi connectivity index (χ4v) is 1.77. The number of carbonyl (C=O) groups excluding carboxylic acids is 1. The summed E-state index contributed by atoms with van der Waals surface area (Å²) in [6.07, 6.45) is 3.84. The lowest BCUT2D eigenvalue weighted by molar-refractivity contribution is -0.115. The average molecular weight is 261 g/mol. The van der Waals surface area contributed by atoms with E-state index in [0.29, 0.717) is 12.3 Å². The largest absolute Gasteiger partial charge is 0.326 e. The molecule has 0 fully saturated rings. The van der Waals surface area contributed by atoms with Gasteiger partial charge in [-0.25, -0.2) is 0 Å². The summed E-state index contributed by atoms with van der Waals surface area (Å²) in [6.45, 7) is 0. The van der Waals surface area contributed by atoms with Crippen LogP contribution in [0, 0.1) is 0 Å². The number of alkyl halides is 1. The molecule has 4 heteroatoms. The van der Waals surface area contributed by atoms with Gasteiger partial charge in [-0.3, -0.25) is 9.78 Å². The summed E-state index contributed by atoms with van der Waals surface area (Å²) in [5.41, 5.74) is 2.97. The zero-order valence-electron chi connectivity index (χ0n) is 9.77. The second-order valence-electron chi connectivity index (χ2n) is 3.80. The van der Waals surface area contributed by atoms with Gasteiger partial charge in [-0.1, -0.05) is 12.1 Å². The molecule has 1 aromatic carbocycles. The lowest BCUT2D eigenvalue weighted by Crippen LogP contribution is -2.11. The van der Waals surface area contributed by atoms with E-state index >= 15 is 0 Å². The van der Waals surface area contributed by atoms with Crippen LogP contribution in [0.2, 0.25) is 0 Å². The minimum Gasteiger partial charge on any atom is -0.326 e. The van der Waals surface area contributed by atoms with Gasteiger partial charge in [-0.05, 0) is 35.4 Å². The summed E-state index contributed by atoms with van der Waals surface area (Å²) < 4.78 is 0. The van der Waals surface area contributed by atoms with Crippen molar-refractivity contribution in [1.29, 1.82) is 0 Å². The molecule has 1 N–H and O–H groups in total. The number of nitrogens with zero attached hydrogens (tertiary/aromatic N) is 1. The van der Waals surface area contributed by atoms with Gasteiger partial charge in [-0.15, -0.1) is 11.6 Å². The topological polar surface area (TPSA) is 42.0 Å². The van der Waals surface area contributed by atoms with Crippen molar-refractivity contribution in [3.8, 4) is 11.1 Å². The molecule has 0 spiro atoms. The van der Waals surface area contributed by atoms with Crippen molar-refractivity contribution in [3.63, 3.8) is 0 Å². The zero-order chi connectivity index (χ0) is 12.8. The number of halogens is 1. The molecule has 18 heavy (non-hydrogen) atoms. The van der Waals surface area contributed by atoms with Crippen LogP contribution in [-0.4, -0.2) is 16.8 Å². The van der Waals surface area contributed by atoms with E-state index in [1.54, 1.807) is 12.4 Å². The van der Waals surface area contributed by atoms with Gasteiger partial charge in [0.2, 0.25) is 5.91 Å². The molecule has 0 unspecified atom stereocenters. The minimum atomic E-state index is -0.0679. The van der Waals surface area contributed by atoms with E-state index in [9.17, 15) is 4.79 Å². The Balaban J connectivity index is 2.09. The van der Waals surface area contributed by atoms with E-state index < -0.39 is 0 Å². The summed E-state index contributed by atoms with van der Waals surface area (Å²) in [6, 6.07) is 11.6. The number of hydrogen-bond acceptors (Lipinski definition) is 2. The number of amides is 1. The van der Waals surface area contributed by atoms with Crippen LogP contribution in [0.5, 0.6) is 0 Å². The van der Waals surface area contributed by atoms with Crippen molar-refractivity contribution >= 4 is 23.2 Å². The summed E-state index contributed by atoms with van der Waals surface area (Å²) >= 11 is 5.50. The van der Waals surface area contributed by atoms with Crippen molar-refractivity contribution in [2.24, 2.45) is 0 Å². The number of aromatic nitrogens is 1. The van der Waals surface area contributed by atoms with E-state index in [4.69, 9.17) is 11.6 Å². The normalized spacial score (nSPS) is 10.1. The first-order valence-electron chi connectivity index (χ1n) is 5.66. The van der Waals surface area contributed by atoms with Crippen LogP contribution in [0.1, 0.15) is 6.42 Å². The highest BCUT2D eigenvalue weighted by Crippen LogP contribution is 2.20. The van der Waals surface area contributed by atoms with Gasteiger partial charge in [0.05, 0.1) is 0 Å². The molecule has 2 rings (SSSR count). The predicted molar refractivity (Wildman–Crippen MR) is 73.6 cm³/mol. The molecular formula is C14H13ClN2O. The summed E-state index contributed by atoms with van der Waals surface area (Å²) in [5.74, 6) is 0.266. The highest BCUT2D eigenvalue weighted by atomic mass is 35.5. The van der Waals surface area contributed by atoms with Crippen LogP contribution in [-0.2, 0) is 4.79 Å². The maximum absolute atomic E-state index is 11.4. The van der Waals surface area contributed by atoms with E-state index in [0.717, 1.165) is 16.8 Å². The smallest absolute Gasteiger partial charge is 0.225 e. The molecule has 2 aromatic rings. The fraction of sp³-hybridized carbons (Fsp3) is 0.143. The first-order chi connectivity index (χ1) is 8.79. The Labute approximate surface area is 111 Å². The number of nitrogens with one attached hydrogen (secondary N) is 1. The SMILES string of the molecule is O=C(CCCl)Nc1ccc(-c2ccncc2)cc1. The average Bonchev–Trinajstić information content (AvgIpc) is 2.41. The molecule has 0 aliphatic rings. The molecule has 92 valence electrons. The van der Waals surface area contributed by atoms with Crippen molar-refractivity contribution in [2.45, 2.75) is 6.42 Å². The third-order valence-electron chi connectivity index (χ3n) is 2.50. The van der Waals surface area contributed by atoms with E-state index in [2.05, 4.69) is 10.3 Å². The van der Waals surface area contributed by atoms with Crippen LogP contribution >= 0.6 is 11.6 Å². The van der Waals surface area contributed by atoms with Gasteiger partial charge in [0.25, 0.3) is 0 Å². The number of carbonyl (C=O) groups is 1. The lowest BCUT2D eigenvalue weighted by atomic mass is 10.1. The highest BCUT2D eigenvalue weighted by Gasteiger charge is 2.01. The zero-order valence-corrected chi connectivity index (χ0v) is 10.5. The molecule has 1 amide bonds. The number of benzene rings is 1. The Morgan fingerprint density at radius 2 is 1.67 bits per heavy atom. The standard InChI is InChI=1S/C14H13ClN2O/c15-8-5-14(18)17-13-3-1-11(2-4-13)12-6-9-16-10-7-12/h1-4,6-7,9-10H,5,8H2,(H,17,18). The molecule has 3 nitrogen and oxygen atoms in total. The third kappa shape index (κ3) is 3.31. The first-order valence-corrected chi connectivity index (χ1v) is 6.19. The van der Waals surface area contributed by atoms with E-state index in [1.807, 2.05) is 36.4 Å². The molecule has 0 radical (unpaired) electrons. The fourth-order valence-electron chi connectivity index (χ4n) is 1.60. The van der Waals surface area contributed by atoms with E-state index in [1.165, 1.54) is 0 Å². The molecule has 0 saturated carbocycles. The minimum absolute atomic E-state index is 0.0679. The molecule has 0 atom stereocenters. The monoisotopic (exact) mass is 260 g/mol. The molecular weight excluding hydrogens is 248 g/mol. The van der Waals surface area contributed by atoms with Crippen LogP contribution in [0.15, 0.2) is 48.8 Å². The first kappa shape index (κ1) is 12.6. The van der Waals surface area contributed by atoms with Crippen LogP contribution < -0.4 is 5.32 Å². The maximum Gasteiger partial charge on any atom is 0.225 e. The van der Waals surface area contributed by atoms with Crippen molar-refractivity contribution < 1.29 is 4.79 Å². The Hall–Kier alpha value is -1.87. The molecule has 0 bridgehead atoms. The molecule has 0 aliphatic heterocycles. The van der Waals surface area contributed by atoms with Crippen LogP contribution in [0.4, 0.5) is 5.69 Å². The maximum atomic E-state index is 11.4. The van der Waals surface area contributed by atoms with Crippen molar-refractivity contribution in [1.82, 2.24) is 4.98 Å². The molecule has 0 saturated heterocycles. The quantitative estimate of drug-likeness (QED) is 0.857. The Bertz CT molecular complexity index is 511. The number of anilines is 1. The predicted octanol–water partition coefficient (Wildman–Crippen LogP) is 3.32. The summed E-state index contributed by atoms with van der Waals surface area (Å²) in [7, 11) is 0. The van der Waals surface area contributed by atoms with Gasteiger partial charge in [0, 0.05) is 30.4 Å². The molecule has 1 aromatic heterocycles. The molecule has 0 aliphatic carbocycles. The molecule has 1 heterocycles.